The minimum absolute atomic E-state index is 0.0215. The maximum atomic E-state index is 13.1. The van der Waals surface area contributed by atoms with E-state index in [0.717, 1.165) is 16.7 Å². The van der Waals surface area contributed by atoms with Crippen LogP contribution in [0.25, 0.3) is 0 Å². The second-order valence-corrected chi connectivity index (χ2v) is 9.58. The van der Waals surface area contributed by atoms with Crippen molar-refractivity contribution in [3.05, 3.63) is 108 Å². The maximum absolute atomic E-state index is 13.1. The van der Waals surface area contributed by atoms with E-state index in [-0.39, 0.29) is 6.61 Å². The first-order valence-corrected chi connectivity index (χ1v) is 11.7. The average molecular weight is 474 g/mol. The summed E-state index contributed by atoms with van der Waals surface area (Å²) in [6, 6.07) is 28.5. The van der Waals surface area contributed by atoms with Gasteiger partial charge in [-0.1, -0.05) is 91.0 Å². The van der Waals surface area contributed by atoms with Gasteiger partial charge in [0, 0.05) is 6.92 Å². The van der Waals surface area contributed by atoms with Gasteiger partial charge in [0.25, 0.3) is 0 Å². The van der Waals surface area contributed by atoms with Gasteiger partial charge in [0.15, 0.2) is 11.6 Å². The number of benzene rings is 3. The second-order valence-electron chi connectivity index (χ2n) is 9.58. The predicted molar refractivity (Wildman–Crippen MR) is 132 cm³/mol. The molecule has 3 aromatic carbocycles. The standard InChI is InChI=1S/C29H31NO5/c1-21(31)33-20-25-26(27(32)34-28(2,3)4)30(25)35-29(22-14-8-5-9-15-22,23-16-10-6-11-17-23)24-18-12-7-13-19-24/h5-19,25-26H,20H2,1-4H3/t25-,26-,30?/m1/s1. The van der Waals surface area contributed by atoms with Crippen LogP contribution in [0, 0.1) is 0 Å². The van der Waals surface area contributed by atoms with E-state index in [9.17, 15) is 9.59 Å². The van der Waals surface area contributed by atoms with E-state index in [1.165, 1.54) is 6.92 Å². The Labute approximate surface area is 206 Å². The van der Waals surface area contributed by atoms with Crippen molar-refractivity contribution in [2.45, 2.75) is 51.0 Å². The Kier molecular flexibility index (Phi) is 7.05. The molecule has 1 aliphatic rings. The molecule has 1 unspecified atom stereocenters. The fourth-order valence-electron chi connectivity index (χ4n) is 4.21. The number of hydrogen-bond acceptors (Lipinski definition) is 6. The molecule has 0 amide bonds. The van der Waals surface area contributed by atoms with Gasteiger partial charge in [-0.25, -0.2) is 0 Å². The fraction of sp³-hybridized carbons (Fsp3) is 0.310. The molecule has 1 heterocycles. The summed E-state index contributed by atoms with van der Waals surface area (Å²) in [5, 5.41) is 1.60. The van der Waals surface area contributed by atoms with Crippen LogP contribution in [0.5, 0.6) is 0 Å². The number of hydroxylamine groups is 2. The third kappa shape index (κ3) is 5.45. The third-order valence-corrected chi connectivity index (χ3v) is 5.76. The summed E-state index contributed by atoms with van der Waals surface area (Å²) in [6.45, 7) is 6.83. The number of esters is 2. The molecule has 0 radical (unpaired) electrons. The molecule has 0 N–H and O–H groups in total. The summed E-state index contributed by atoms with van der Waals surface area (Å²) in [5.41, 5.74) is 0.997. The molecule has 0 spiro atoms. The first-order valence-electron chi connectivity index (χ1n) is 11.7. The number of nitrogens with zero attached hydrogens (tertiary/aromatic N) is 1. The highest BCUT2D eigenvalue weighted by Crippen LogP contribution is 2.45. The number of carbonyl (C=O) groups excluding carboxylic acids is 2. The van der Waals surface area contributed by atoms with E-state index in [1.54, 1.807) is 5.06 Å². The second kappa shape index (κ2) is 10.0. The summed E-state index contributed by atoms with van der Waals surface area (Å²) < 4.78 is 10.9. The van der Waals surface area contributed by atoms with Gasteiger partial charge in [0.1, 0.15) is 12.2 Å². The van der Waals surface area contributed by atoms with Crippen LogP contribution in [0.2, 0.25) is 0 Å². The molecular formula is C29H31NO5. The van der Waals surface area contributed by atoms with Crippen molar-refractivity contribution in [1.82, 2.24) is 5.06 Å². The monoisotopic (exact) mass is 473 g/mol. The summed E-state index contributed by atoms with van der Waals surface area (Å²) in [5.74, 6) is -0.835. The Hall–Kier alpha value is -3.48. The largest absolute Gasteiger partial charge is 0.464 e. The Morgan fingerprint density at radius 2 is 1.20 bits per heavy atom. The molecule has 0 aromatic heterocycles. The molecule has 6 nitrogen and oxygen atoms in total. The first kappa shape index (κ1) is 24.6. The fourth-order valence-corrected chi connectivity index (χ4v) is 4.21. The van der Waals surface area contributed by atoms with E-state index in [1.807, 2.05) is 112 Å². The molecule has 35 heavy (non-hydrogen) atoms. The van der Waals surface area contributed by atoms with Crippen molar-refractivity contribution in [3.63, 3.8) is 0 Å². The van der Waals surface area contributed by atoms with E-state index < -0.39 is 35.2 Å². The van der Waals surface area contributed by atoms with Gasteiger partial charge in [-0.3, -0.25) is 14.4 Å². The molecule has 1 aliphatic heterocycles. The minimum atomic E-state index is -1.05. The smallest absolute Gasteiger partial charge is 0.328 e. The Morgan fingerprint density at radius 1 is 0.771 bits per heavy atom. The minimum Gasteiger partial charge on any atom is -0.464 e. The van der Waals surface area contributed by atoms with Crippen molar-refractivity contribution in [1.29, 1.82) is 0 Å². The van der Waals surface area contributed by atoms with Crippen LogP contribution in [-0.4, -0.2) is 41.3 Å². The van der Waals surface area contributed by atoms with Crippen molar-refractivity contribution in [3.8, 4) is 0 Å². The molecule has 182 valence electrons. The molecular weight excluding hydrogens is 442 g/mol. The zero-order valence-electron chi connectivity index (χ0n) is 20.5. The third-order valence-electron chi connectivity index (χ3n) is 5.76. The Morgan fingerprint density at radius 3 is 1.57 bits per heavy atom. The lowest BCUT2D eigenvalue weighted by molar-refractivity contribution is -0.181. The molecule has 3 atom stereocenters. The molecule has 0 bridgehead atoms. The molecule has 4 rings (SSSR count). The van der Waals surface area contributed by atoms with Gasteiger partial charge in [-0.05, 0) is 37.5 Å². The van der Waals surface area contributed by atoms with Crippen molar-refractivity contribution < 1.29 is 23.9 Å². The van der Waals surface area contributed by atoms with Gasteiger partial charge in [0.05, 0.1) is 6.04 Å². The average Bonchev–Trinajstić information content (AvgIpc) is 3.54. The first-order chi connectivity index (χ1) is 16.7. The molecule has 1 fully saturated rings. The summed E-state index contributed by atoms with van der Waals surface area (Å²) >= 11 is 0. The Bertz CT molecular complexity index is 1050. The van der Waals surface area contributed by atoms with Gasteiger partial charge >= 0.3 is 11.9 Å². The van der Waals surface area contributed by atoms with Crippen molar-refractivity contribution in [2.24, 2.45) is 0 Å². The zero-order valence-corrected chi connectivity index (χ0v) is 20.5. The van der Waals surface area contributed by atoms with Gasteiger partial charge in [-0.15, -0.1) is 0 Å². The van der Waals surface area contributed by atoms with Crippen LogP contribution >= 0.6 is 0 Å². The summed E-state index contributed by atoms with van der Waals surface area (Å²) in [4.78, 5) is 31.5. The van der Waals surface area contributed by atoms with E-state index in [2.05, 4.69) is 0 Å². The van der Waals surface area contributed by atoms with Gasteiger partial charge < -0.3 is 9.47 Å². The number of carbonyl (C=O) groups is 2. The molecule has 3 aromatic rings. The zero-order chi connectivity index (χ0) is 25.1. The lowest BCUT2D eigenvalue weighted by atomic mass is 9.80. The predicted octanol–water partition coefficient (Wildman–Crippen LogP) is 4.87. The van der Waals surface area contributed by atoms with E-state index >= 15 is 0 Å². The molecule has 1 saturated heterocycles. The highest BCUT2D eigenvalue weighted by atomic mass is 16.7. The topological polar surface area (TPSA) is 64.8 Å². The lowest BCUT2D eigenvalue weighted by Crippen LogP contribution is -2.37. The van der Waals surface area contributed by atoms with Crippen LogP contribution in [-0.2, 0) is 29.5 Å². The summed E-state index contributed by atoms with van der Waals surface area (Å²) in [6.07, 6.45) is 0. The van der Waals surface area contributed by atoms with Gasteiger partial charge in [-0.2, -0.15) is 5.06 Å². The lowest BCUT2D eigenvalue weighted by Gasteiger charge is -2.36. The molecule has 0 saturated carbocycles. The maximum Gasteiger partial charge on any atom is 0.328 e. The summed E-state index contributed by atoms with van der Waals surface area (Å²) in [7, 11) is 0. The van der Waals surface area contributed by atoms with Crippen LogP contribution in [0.1, 0.15) is 44.4 Å². The molecule has 0 aliphatic carbocycles. The van der Waals surface area contributed by atoms with Crippen molar-refractivity contribution >= 4 is 11.9 Å². The number of rotatable bonds is 8. The normalized spacial score (nSPS) is 19.6. The SMILES string of the molecule is CC(=O)OC[C@@H]1[C@H](C(=O)OC(C)(C)C)N1OC(c1ccccc1)(c1ccccc1)c1ccccc1. The van der Waals surface area contributed by atoms with Crippen LogP contribution in [0.3, 0.4) is 0 Å². The van der Waals surface area contributed by atoms with Crippen LogP contribution < -0.4 is 0 Å². The Balaban J connectivity index is 1.80. The highest BCUT2D eigenvalue weighted by molar-refractivity contribution is 5.80. The van der Waals surface area contributed by atoms with Crippen molar-refractivity contribution in [2.75, 3.05) is 6.61 Å². The number of hydrogen-bond donors (Lipinski definition) is 0. The van der Waals surface area contributed by atoms with Gasteiger partial charge in [0.2, 0.25) is 0 Å². The highest BCUT2D eigenvalue weighted by Gasteiger charge is 2.60. The quantitative estimate of drug-likeness (QED) is 0.264. The van der Waals surface area contributed by atoms with Crippen LogP contribution in [0.15, 0.2) is 91.0 Å². The number of ether oxygens (including phenoxy) is 2. The van der Waals surface area contributed by atoms with Crippen LogP contribution in [0.4, 0.5) is 0 Å². The van der Waals surface area contributed by atoms with E-state index in [0.29, 0.717) is 0 Å². The molecule has 6 heteroatoms. The van der Waals surface area contributed by atoms with E-state index in [4.69, 9.17) is 14.3 Å².